The summed E-state index contributed by atoms with van der Waals surface area (Å²) in [5.41, 5.74) is 4.11. The molecule has 2 aromatic carbocycles. The van der Waals surface area contributed by atoms with E-state index in [0.717, 1.165) is 24.0 Å². The molecule has 0 aliphatic heterocycles. The van der Waals surface area contributed by atoms with Crippen molar-refractivity contribution in [2.24, 2.45) is 5.10 Å². The highest BCUT2D eigenvalue weighted by Gasteiger charge is 2.21. The van der Waals surface area contributed by atoms with E-state index in [9.17, 15) is 9.59 Å². The van der Waals surface area contributed by atoms with Crippen LogP contribution in [0.4, 0.5) is 4.79 Å². The molecule has 8 nitrogen and oxygen atoms in total. The Morgan fingerprint density at radius 1 is 1.09 bits per heavy atom. The van der Waals surface area contributed by atoms with Gasteiger partial charge in [-0.15, -0.1) is 0 Å². The molecule has 0 unspecified atom stereocenters. The lowest BCUT2D eigenvalue weighted by molar-refractivity contribution is -0.123. The van der Waals surface area contributed by atoms with Crippen molar-refractivity contribution < 1.29 is 23.8 Å². The Hall–Kier alpha value is -3.55. The number of benzene rings is 2. The maximum atomic E-state index is 12.7. The topological polar surface area (TPSA) is 98.2 Å². The average Bonchev–Trinajstić information content (AvgIpc) is 2.80. The monoisotopic (exact) mass is 441 g/mol. The number of rotatable bonds is 12. The fourth-order valence-electron chi connectivity index (χ4n) is 2.83. The van der Waals surface area contributed by atoms with Gasteiger partial charge in [-0.05, 0) is 42.7 Å². The standard InChI is InChI=1S/C24H31N3O5/c1-4-6-14-32-21-13-12-19(16-22(21)30-3)17-25-27-23(28)20(26-24(29)31-5-2)15-18-10-8-7-9-11-18/h7-13,16-17,20H,4-6,14-15H2,1-3H3,(H,26,29)(H,27,28)/b25-17-/t20-/m0/s1. The van der Waals surface area contributed by atoms with E-state index >= 15 is 0 Å². The third-order valence-electron chi connectivity index (χ3n) is 4.50. The van der Waals surface area contributed by atoms with Crippen molar-refractivity contribution in [2.75, 3.05) is 20.3 Å². The number of ether oxygens (including phenoxy) is 3. The summed E-state index contributed by atoms with van der Waals surface area (Å²) in [7, 11) is 1.57. The molecule has 2 rings (SSSR count). The van der Waals surface area contributed by atoms with Crippen LogP contribution in [0.1, 0.15) is 37.8 Å². The molecule has 0 heterocycles. The van der Waals surface area contributed by atoms with Gasteiger partial charge in [-0.2, -0.15) is 5.10 Å². The van der Waals surface area contributed by atoms with Crippen LogP contribution in [0, 0.1) is 0 Å². The highest BCUT2D eigenvalue weighted by molar-refractivity contribution is 5.87. The van der Waals surface area contributed by atoms with Crippen molar-refractivity contribution in [3.63, 3.8) is 0 Å². The molecule has 172 valence electrons. The molecule has 0 saturated carbocycles. The van der Waals surface area contributed by atoms with E-state index in [1.54, 1.807) is 26.2 Å². The largest absolute Gasteiger partial charge is 0.493 e. The van der Waals surface area contributed by atoms with Crippen molar-refractivity contribution in [2.45, 2.75) is 39.2 Å². The fourth-order valence-corrected chi connectivity index (χ4v) is 2.83. The van der Waals surface area contributed by atoms with Crippen molar-refractivity contribution in [3.8, 4) is 11.5 Å². The van der Waals surface area contributed by atoms with E-state index in [1.165, 1.54) is 6.21 Å². The van der Waals surface area contributed by atoms with Gasteiger partial charge in [-0.25, -0.2) is 10.2 Å². The molecule has 2 aromatic rings. The average molecular weight is 442 g/mol. The van der Waals surface area contributed by atoms with E-state index < -0.39 is 18.0 Å². The van der Waals surface area contributed by atoms with Crippen molar-refractivity contribution in [1.82, 2.24) is 10.7 Å². The summed E-state index contributed by atoms with van der Waals surface area (Å²) in [6, 6.07) is 13.9. The van der Waals surface area contributed by atoms with Gasteiger partial charge in [0.15, 0.2) is 11.5 Å². The van der Waals surface area contributed by atoms with Crippen molar-refractivity contribution >= 4 is 18.2 Å². The number of methoxy groups -OCH3 is 1. The summed E-state index contributed by atoms with van der Waals surface area (Å²) in [5, 5.41) is 6.61. The Morgan fingerprint density at radius 2 is 1.88 bits per heavy atom. The van der Waals surface area contributed by atoms with Crippen LogP contribution in [-0.4, -0.2) is 44.6 Å². The molecular formula is C24H31N3O5. The molecule has 32 heavy (non-hydrogen) atoms. The molecule has 0 aliphatic rings. The predicted octanol–water partition coefficient (Wildman–Crippen LogP) is 3.68. The van der Waals surface area contributed by atoms with Gasteiger partial charge in [-0.3, -0.25) is 4.79 Å². The van der Waals surface area contributed by atoms with Gasteiger partial charge >= 0.3 is 6.09 Å². The Bertz CT molecular complexity index is 886. The molecule has 0 aliphatic carbocycles. The first-order chi connectivity index (χ1) is 15.6. The van der Waals surface area contributed by atoms with E-state index in [0.29, 0.717) is 24.5 Å². The van der Waals surface area contributed by atoms with Crippen molar-refractivity contribution in [1.29, 1.82) is 0 Å². The van der Waals surface area contributed by atoms with E-state index in [4.69, 9.17) is 14.2 Å². The fraction of sp³-hybridized carbons (Fsp3) is 0.375. The lowest BCUT2D eigenvalue weighted by Gasteiger charge is -2.16. The minimum Gasteiger partial charge on any atom is -0.493 e. The van der Waals surface area contributed by atoms with Crippen LogP contribution >= 0.6 is 0 Å². The highest BCUT2D eigenvalue weighted by Crippen LogP contribution is 2.27. The van der Waals surface area contributed by atoms with Gasteiger partial charge in [0.2, 0.25) is 0 Å². The van der Waals surface area contributed by atoms with Gasteiger partial charge in [0, 0.05) is 6.42 Å². The molecule has 0 fully saturated rings. The summed E-state index contributed by atoms with van der Waals surface area (Å²) >= 11 is 0. The lowest BCUT2D eigenvalue weighted by atomic mass is 10.1. The molecule has 0 bridgehead atoms. The molecule has 0 aromatic heterocycles. The Labute approximate surface area is 188 Å². The first-order valence-electron chi connectivity index (χ1n) is 10.7. The third-order valence-corrected chi connectivity index (χ3v) is 4.50. The van der Waals surface area contributed by atoms with Gasteiger partial charge in [0.05, 0.1) is 26.5 Å². The number of amides is 2. The second-order valence-corrected chi connectivity index (χ2v) is 6.95. The number of nitrogens with zero attached hydrogens (tertiary/aromatic N) is 1. The summed E-state index contributed by atoms with van der Waals surface area (Å²) in [6.07, 6.45) is 3.15. The van der Waals surface area contributed by atoms with Crippen LogP contribution in [0.5, 0.6) is 11.5 Å². The first kappa shape index (κ1) is 24.7. The predicted molar refractivity (Wildman–Crippen MR) is 123 cm³/mol. The summed E-state index contributed by atoms with van der Waals surface area (Å²) in [5.74, 6) is 0.788. The van der Waals surface area contributed by atoms with Crippen LogP contribution in [-0.2, 0) is 16.0 Å². The Morgan fingerprint density at radius 3 is 2.56 bits per heavy atom. The minimum absolute atomic E-state index is 0.212. The normalized spacial score (nSPS) is 11.6. The van der Waals surface area contributed by atoms with E-state index in [1.807, 2.05) is 36.4 Å². The number of nitrogens with one attached hydrogen (secondary N) is 2. The number of hydrogen-bond acceptors (Lipinski definition) is 6. The van der Waals surface area contributed by atoms with E-state index in [2.05, 4.69) is 22.8 Å². The molecule has 0 spiro atoms. The third kappa shape index (κ3) is 8.29. The van der Waals surface area contributed by atoms with Crippen LogP contribution in [0.15, 0.2) is 53.6 Å². The second kappa shape index (κ2) is 13.7. The number of carbonyl (C=O) groups is 2. The maximum Gasteiger partial charge on any atom is 0.407 e. The van der Waals surface area contributed by atoms with Gasteiger partial charge in [-0.1, -0.05) is 43.7 Å². The number of alkyl carbamates (subject to hydrolysis) is 1. The van der Waals surface area contributed by atoms with Crippen LogP contribution < -0.4 is 20.2 Å². The van der Waals surface area contributed by atoms with Crippen LogP contribution in [0.25, 0.3) is 0 Å². The van der Waals surface area contributed by atoms with Crippen LogP contribution in [0.2, 0.25) is 0 Å². The molecule has 0 radical (unpaired) electrons. The summed E-state index contributed by atoms with van der Waals surface area (Å²) in [4.78, 5) is 24.5. The quantitative estimate of drug-likeness (QED) is 0.297. The lowest BCUT2D eigenvalue weighted by Crippen LogP contribution is -2.47. The molecule has 8 heteroatoms. The van der Waals surface area contributed by atoms with Gasteiger partial charge < -0.3 is 19.5 Å². The molecular weight excluding hydrogens is 410 g/mol. The zero-order chi connectivity index (χ0) is 23.2. The number of hydrogen-bond donors (Lipinski definition) is 2. The smallest absolute Gasteiger partial charge is 0.407 e. The van der Waals surface area contributed by atoms with Crippen molar-refractivity contribution in [3.05, 3.63) is 59.7 Å². The molecule has 2 N–H and O–H groups in total. The van der Waals surface area contributed by atoms with Gasteiger partial charge in [0.25, 0.3) is 5.91 Å². The Kier molecular flexibility index (Phi) is 10.6. The SMILES string of the molecule is CCCCOc1ccc(/C=N\NC(=O)[C@H](Cc2ccccc2)NC(=O)OCC)cc1OC. The second-order valence-electron chi connectivity index (χ2n) is 6.95. The first-order valence-corrected chi connectivity index (χ1v) is 10.7. The number of unbranched alkanes of at least 4 members (excludes halogenated alkanes) is 1. The minimum atomic E-state index is -0.836. The van der Waals surface area contributed by atoms with Gasteiger partial charge in [0.1, 0.15) is 6.04 Å². The molecule has 0 saturated heterocycles. The van der Waals surface area contributed by atoms with E-state index in [-0.39, 0.29) is 6.61 Å². The zero-order valence-electron chi connectivity index (χ0n) is 18.8. The molecule has 1 atom stereocenters. The zero-order valence-corrected chi connectivity index (χ0v) is 18.8. The summed E-state index contributed by atoms with van der Waals surface area (Å²) in [6.45, 7) is 4.63. The molecule has 2 amide bonds. The Balaban J connectivity index is 2.03. The maximum absolute atomic E-state index is 12.7. The number of carbonyl (C=O) groups excluding carboxylic acids is 2. The number of hydrazone groups is 1. The highest BCUT2D eigenvalue weighted by atomic mass is 16.5. The van der Waals surface area contributed by atoms with Crippen LogP contribution in [0.3, 0.4) is 0 Å². The summed E-state index contributed by atoms with van der Waals surface area (Å²) < 4.78 is 16.0.